The average Bonchev–Trinajstić information content (AvgIpc) is 3.00. The molecule has 1 saturated carbocycles. The molecule has 1 fully saturated rings. The summed E-state index contributed by atoms with van der Waals surface area (Å²) in [7, 11) is 1.57. The molecular formula is C20H25NO5. The number of hydrogen-bond donors (Lipinski definition) is 1. The van der Waals surface area contributed by atoms with Crippen molar-refractivity contribution in [3.8, 4) is 11.5 Å². The number of methoxy groups -OCH3 is 1. The van der Waals surface area contributed by atoms with Gasteiger partial charge in [-0.15, -0.1) is 0 Å². The van der Waals surface area contributed by atoms with Gasteiger partial charge in [-0.3, -0.25) is 4.79 Å². The van der Waals surface area contributed by atoms with Gasteiger partial charge in [0.2, 0.25) is 0 Å². The van der Waals surface area contributed by atoms with Crippen molar-refractivity contribution >= 4 is 11.9 Å². The fourth-order valence-electron chi connectivity index (χ4n) is 3.75. The lowest BCUT2D eigenvalue weighted by Gasteiger charge is -2.30. The average molecular weight is 359 g/mol. The summed E-state index contributed by atoms with van der Waals surface area (Å²) in [5.74, 6) is 0.805. The van der Waals surface area contributed by atoms with Gasteiger partial charge < -0.3 is 19.5 Å². The van der Waals surface area contributed by atoms with Crippen LogP contribution in [0.3, 0.4) is 0 Å². The van der Waals surface area contributed by atoms with E-state index in [1.165, 1.54) is 17.4 Å². The van der Waals surface area contributed by atoms with E-state index in [9.17, 15) is 14.7 Å². The quantitative estimate of drug-likeness (QED) is 0.809. The molecule has 0 radical (unpaired) electrons. The minimum absolute atomic E-state index is 0.180. The molecule has 1 atom stereocenters. The monoisotopic (exact) mass is 359 g/mol. The summed E-state index contributed by atoms with van der Waals surface area (Å²) in [5.41, 5.74) is 0. The van der Waals surface area contributed by atoms with Gasteiger partial charge in [-0.25, -0.2) is 4.79 Å². The lowest BCUT2D eigenvalue weighted by molar-refractivity contribution is -0.148. The van der Waals surface area contributed by atoms with Crippen LogP contribution in [-0.2, 0) is 9.59 Å². The van der Waals surface area contributed by atoms with Crippen molar-refractivity contribution in [3.05, 3.63) is 36.1 Å². The maximum Gasteiger partial charge on any atom is 0.326 e. The maximum absolute atomic E-state index is 12.4. The van der Waals surface area contributed by atoms with Crippen LogP contribution in [0.25, 0.3) is 0 Å². The summed E-state index contributed by atoms with van der Waals surface area (Å²) in [6.07, 6.45) is 7.51. The van der Waals surface area contributed by atoms with Gasteiger partial charge in [0.05, 0.1) is 13.7 Å². The SMILES string of the molecule is COc1cccc(OC2=CC(=O)N([C@@H](CC3CCCCC3)C(=O)O)C2)c1. The highest BCUT2D eigenvalue weighted by atomic mass is 16.5. The van der Waals surface area contributed by atoms with Crippen LogP contribution >= 0.6 is 0 Å². The van der Waals surface area contributed by atoms with Gasteiger partial charge in [0.15, 0.2) is 0 Å². The number of carbonyl (C=O) groups is 2. The smallest absolute Gasteiger partial charge is 0.326 e. The number of ether oxygens (including phenoxy) is 2. The van der Waals surface area contributed by atoms with Gasteiger partial charge in [-0.1, -0.05) is 38.2 Å². The Labute approximate surface area is 153 Å². The molecule has 0 saturated heterocycles. The molecule has 1 aromatic rings. The molecule has 1 aromatic carbocycles. The van der Waals surface area contributed by atoms with Crippen molar-refractivity contribution in [2.45, 2.75) is 44.6 Å². The number of hydrogen-bond acceptors (Lipinski definition) is 4. The molecule has 1 heterocycles. The zero-order valence-corrected chi connectivity index (χ0v) is 15.0. The minimum Gasteiger partial charge on any atom is -0.497 e. The molecule has 6 nitrogen and oxygen atoms in total. The molecule has 1 N–H and O–H groups in total. The standard InChI is InChI=1S/C20H25NO5/c1-25-15-8-5-9-16(11-15)26-17-12-19(22)21(13-17)18(20(23)24)10-14-6-3-2-4-7-14/h5,8-9,11-12,14,18H,2-4,6-7,10,13H2,1H3,(H,23,24)/t18-/m0/s1. The van der Waals surface area contributed by atoms with E-state index in [0.717, 1.165) is 25.7 Å². The Kier molecular flexibility index (Phi) is 5.81. The van der Waals surface area contributed by atoms with Crippen LogP contribution in [0.4, 0.5) is 0 Å². The maximum atomic E-state index is 12.4. The molecule has 1 aliphatic carbocycles. The van der Waals surface area contributed by atoms with Crippen LogP contribution in [0.1, 0.15) is 38.5 Å². The van der Waals surface area contributed by atoms with E-state index in [1.54, 1.807) is 31.4 Å². The first kappa shape index (κ1) is 18.3. The summed E-state index contributed by atoms with van der Waals surface area (Å²) in [4.78, 5) is 25.6. The van der Waals surface area contributed by atoms with E-state index >= 15 is 0 Å². The third-order valence-corrected chi connectivity index (χ3v) is 5.13. The number of carboxylic acid groups (broad SMARTS) is 1. The molecule has 0 aromatic heterocycles. The van der Waals surface area contributed by atoms with Gasteiger partial charge in [0.25, 0.3) is 5.91 Å². The summed E-state index contributed by atoms with van der Waals surface area (Å²) < 4.78 is 10.9. The number of rotatable bonds is 7. The van der Waals surface area contributed by atoms with Crippen LogP contribution in [-0.4, -0.2) is 41.6 Å². The second-order valence-electron chi connectivity index (χ2n) is 6.95. The first-order chi connectivity index (χ1) is 12.6. The zero-order valence-electron chi connectivity index (χ0n) is 15.0. The largest absolute Gasteiger partial charge is 0.497 e. The molecule has 3 rings (SSSR count). The highest BCUT2D eigenvalue weighted by molar-refractivity contribution is 5.94. The molecule has 0 spiro atoms. The van der Waals surface area contributed by atoms with Crippen molar-refractivity contribution in [1.29, 1.82) is 0 Å². The van der Waals surface area contributed by atoms with Gasteiger partial charge in [-0.2, -0.15) is 0 Å². The third-order valence-electron chi connectivity index (χ3n) is 5.13. The van der Waals surface area contributed by atoms with E-state index in [2.05, 4.69) is 0 Å². The Bertz CT molecular complexity index is 693. The predicted molar refractivity (Wildman–Crippen MR) is 96.0 cm³/mol. The number of carbonyl (C=O) groups excluding carboxylic acids is 1. The molecule has 140 valence electrons. The Morgan fingerprint density at radius 3 is 2.69 bits per heavy atom. The molecule has 0 unspecified atom stereocenters. The Balaban J connectivity index is 1.65. The highest BCUT2D eigenvalue weighted by Crippen LogP contribution is 2.30. The number of amides is 1. The summed E-state index contributed by atoms with van der Waals surface area (Å²) in [6, 6.07) is 6.30. The fourth-order valence-corrected chi connectivity index (χ4v) is 3.75. The van der Waals surface area contributed by atoms with Crippen molar-refractivity contribution in [2.75, 3.05) is 13.7 Å². The van der Waals surface area contributed by atoms with Crippen molar-refractivity contribution in [2.24, 2.45) is 5.92 Å². The van der Waals surface area contributed by atoms with Crippen molar-refractivity contribution in [1.82, 2.24) is 4.90 Å². The lowest BCUT2D eigenvalue weighted by Crippen LogP contribution is -2.44. The van der Waals surface area contributed by atoms with Crippen LogP contribution in [0.5, 0.6) is 11.5 Å². The minimum atomic E-state index is -0.944. The summed E-state index contributed by atoms with van der Waals surface area (Å²) in [5, 5.41) is 9.65. The Morgan fingerprint density at radius 2 is 2.00 bits per heavy atom. The topological polar surface area (TPSA) is 76.1 Å². The normalized spacial score (nSPS) is 19.2. The first-order valence-electron chi connectivity index (χ1n) is 9.12. The van der Waals surface area contributed by atoms with E-state index < -0.39 is 12.0 Å². The fraction of sp³-hybridized carbons (Fsp3) is 0.500. The zero-order chi connectivity index (χ0) is 18.5. The van der Waals surface area contributed by atoms with E-state index in [4.69, 9.17) is 9.47 Å². The second kappa shape index (κ2) is 8.25. The number of nitrogens with zero attached hydrogens (tertiary/aromatic N) is 1. The van der Waals surface area contributed by atoms with Crippen LogP contribution in [0.15, 0.2) is 36.1 Å². The molecule has 1 aliphatic heterocycles. The van der Waals surface area contributed by atoms with Crippen molar-refractivity contribution in [3.63, 3.8) is 0 Å². The van der Waals surface area contributed by atoms with E-state index in [-0.39, 0.29) is 12.5 Å². The van der Waals surface area contributed by atoms with Gasteiger partial charge in [0, 0.05) is 12.1 Å². The van der Waals surface area contributed by atoms with E-state index in [1.807, 2.05) is 0 Å². The molecule has 0 bridgehead atoms. The molecule has 1 amide bonds. The number of carboxylic acids is 1. The first-order valence-corrected chi connectivity index (χ1v) is 9.12. The number of benzene rings is 1. The van der Waals surface area contributed by atoms with Crippen LogP contribution < -0.4 is 9.47 Å². The van der Waals surface area contributed by atoms with Gasteiger partial charge in [0.1, 0.15) is 23.3 Å². The van der Waals surface area contributed by atoms with Crippen LogP contribution in [0.2, 0.25) is 0 Å². The number of aliphatic carboxylic acids is 1. The molecular weight excluding hydrogens is 334 g/mol. The van der Waals surface area contributed by atoms with E-state index in [0.29, 0.717) is 29.6 Å². The predicted octanol–water partition coefficient (Wildman–Crippen LogP) is 3.22. The Hall–Kier alpha value is -2.50. The molecule has 26 heavy (non-hydrogen) atoms. The Morgan fingerprint density at radius 1 is 1.27 bits per heavy atom. The van der Waals surface area contributed by atoms with Gasteiger partial charge in [-0.05, 0) is 24.5 Å². The van der Waals surface area contributed by atoms with Crippen LogP contribution in [0, 0.1) is 5.92 Å². The lowest BCUT2D eigenvalue weighted by atomic mass is 9.84. The summed E-state index contributed by atoms with van der Waals surface area (Å²) in [6.45, 7) is 0.180. The summed E-state index contributed by atoms with van der Waals surface area (Å²) >= 11 is 0. The second-order valence-corrected chi connectivity index (χ2v) is 6.95. The third kappa shape index (κ3) is 4.36. The molecule has 6 heteroatoms. The van der Waals surface area contributed by atoms with Gasteiger partial charge >= 0.3 is 5.97 Å². The highest BCUT2D eigenvalue weighted by Gasteiger charge is 2.36. The van der Waals surface area contributed by atoms with Crippen molar-refractivity contribution < 1.29 is 24.2 Å². The molecule has 2 aliphatic rings.